The molecule has 0 aliphatic heterocycles. The summed E-state index contributed by atoms with van der Waals surface area (Å²) in [5.41, 5.74) is 1.34. The van der Waals surface area contributed by atoms with Crippen LogP contribution < -0.4 is 10.1 Å². The molecule has 1 aromatic heterocycles. The van der Waals surface area contributed by atoms with Crippen molar-refractivity contribution in [3.05, 3.63) is 72.1 Å². The maximum atomic E-state index is 12.5. The summed E-state index contributed by atoms with van der Waals surface area (Å²) >= 11 is 0. The number of esters is 1. The van der Waals surface area contributed by atoms with E-state index in [-0.39, 0.29) is 11.4 Å². The molecule has 1 heterocycles. The van der Waals surface area contributed by atoms with Crippen LogP contribution in [0, 0.1) is 11.3 Å². The first-order valence-electron chi connectivity index (χ1n) is 8.73. The molecule has 0 aliphatic carbocycles. The van der Waals surface area contributed by atoms with Gasteiger partial charge in [0.05, 0.1) is 30.2 Å². The molecule has 1 atom stereocenters. The maximum absolute atomic E-state index is 12.5. The second-order valence-corrected chi connectivity index (χ2v) is 6.02. The van der Waals surface area contributed by atoms with Crippen molar-refractivity contribution in [2.45, 2.75) is 13.0 Å². The summed E-state index contributed by atoms with van der Waals surface area (Å²) in [6.45, 7) is 1.43. The van der Waals surface area contributed by atoms with Gasteiger partial charge < -0.3 is 14.8 Å². The Kier molecular flexibility index (Phi) is 5.90. The number of aromatic nitrogens is 2. The van der Waals surface area contributed by atoms with Gasteiger partial charge in [0.15, 0.2) is 11.9 Å². The Bertz CT molecular complexity index is 1070. The van der Waals surface area contributed by atoms with Crippen molar-refractivity contribution in [2.75, 3.05) is 12.4 Å². The van der Waals surface area contributed by atoms with Gasteiger partial charge in [-0.25, -0.2) is 9.48 Å². The SMILES string of the molecule is COc1cn(-c2ccccc2)nc1C(=O)OC(C)C(=O)Nc1ccccc1C#N. The van der Waals surface area contributed by atoms with E-state index >= 15 is 0 Å². The van der Waals surface area contributed by atoms with Crippen LogP contribution in [0.15, 0.2) is 60.8 Å². The Hall–Kier alpha value is -4.12. The Morgan fingerprint density at radius 3 is 2.52 bits per heavy atom. The first kappa shape index (κ1) is 19.6. The van der Waals surface area contributed by atoms with Gasteiger partial charge in [-0.05, 0) is 31.2 Å². The van der Waals surface area contributed by atoms with E-state index in [2.05, 4.69) is 10.4 Å². The van der Waals surface area contributed by atoms with E-state index in [1.807, 2.05) is 36.4 Å². The summed E-state index contributed by atoms with van der Waals surface area (Å²) in [5.74, 6) is -1.14. The third kappa shape index (κ3) is 4.42. The smallest absolute Gasteiger partial charge is 0.363 e. The third-order valence-electron chi connectivity index (χ3n) is 4.07. The number of methoxy groups -OCH3 is 1. The largest absolute Gasteiger partial charge is 0.493 e. The second kappa shape index (κ2) is 8.71. The molecule has 1 N–H and O–H groups in total. The first-order chi connectivity index (χ1) is 14.0. The Morgan fingerprint density at radius 1 is 1.14 bits per heavy atom. The number of anilines is 1. The van der Waals surface area contributed by atoms with Crippen LogP contribution in [0.4, 0.5) is 5.69 Å². The molecular weight excluding hydrogens is 372 g/mol. The molecule has 0 aliphatic rings. The number of carbonyl (C=O) groups excluding carboxylic acids is 2. The number of nitriles is 1. The van der Waals surface area contributed by atoms with Gasteiger partial charge in [-0.2, -0.15) is 10.4 Å². The van der Waals surface area contributed by atoms with Crippen LogP contribution in [0.3, 0.4) is 0 Å². The molecule has 3 rings (SSSR count). The molecule has 0 saturated carbocycles. The normalized spacial score (nSPS) is 11.2. The van der Waals surface area contributed by atoms with Gasteiger partial charge in [-0.3, -0.25) is 4.79 Å². The third-order valence-corrected chi connectivity index (χ3v) is 4.07. The molecule has 1 unspecified atom stereocenters. The van der Waals surface area contributed by atoms with Crippen molar-refractivity contribution in [1.29, 1.82) is 5.26 Å². The highest BCUT2D eigenvalue weighted by molar-refractivity contribution is 5.98. The molecule has 2 aromatic carbocycles. The predicted molar refractivity (Wildman–Crippen MR) is 105 cm³/mol. The highest BCUT2D eigenvalue weighted by atomic mass is 16.6. The van der Waals surface area contributed by atoms with Gasteiger partial charge >= 0.3 is 5.97 Å². The number of nitrogens with one attached hydrogen (secondary N) is 1. The van der Waals surface area contributed by atoms with E-state index in [1.54, 1.807) is 30.5 Å². The minimum atomic E-state index is -1.11. The summed E-state index contributed by atoms with van der Waals surface area (Å²) < 4.78 is 12.0. The van der Waals surface area contributed by atoms with E-state index in [0.29, 0.717) is 11.3 Å². The van der Waals surface area contributed by atoms with E-state index in [9.17, 15) is 9.59 Å². The number of hydrogen-bond donors (Lipinski definition) is 1. The maximum Gasteiger partial charge on any atom is 0.363 e. The Morgan fingerprint density at radius 2 is 1.83 bits per heavy atom. The van der Waals surface area contributed by atoms with Gasteiger partial charge in [0.25, 0.3) is 5.91 Å². The molecule has 0 spiro atoms. The molecule has 0 fully saturated rings. The number of hydrogen-bond acceptors (Lipinski definition) is 6. The number of carbonyl (C=O) groups is 2. The van der Waals surface area contributed by atoms with Crippen molar-refractivity contribution in [3.8, 4) is 17.5 Å². The van der Waals surface area contributed by atoms with Crippen LogP contribution in [0.5, 0.6) is 5.75 Å². The minimum absolute atomic E-state index is 0.0478. The van der Waals surface area contributed by atoms with Gasteiger partial charge in [-0.1, -0.05) is 30.3 Å². The van der Waals surface area contributed by atoms with E-state index in [0.717, 1.165) is 5.69 Å². The van der Waals surface area contributed by atoms with Crippen LogP contribution in [0.1, 0.15) is 23.0 Å². The standard InChI is InChI=1S/C21H18N4O4/c1-14(20(26)23-17-11-7-6-8-15(17)12-22)29-21(27)19-18(28-2)13-25(24-19)16-9-4-3-5-10-16/h3-11,13-14H,1-2H3,(H,23,26). The average molecular weight is 390 g/mol. The first-order valence-corrected chi connectivity index (χ1v) is 8.73. The fraction of sp³-hybridized carbons (Fsp3) is 0.143. The molecule has 146 valence electrons. The minimum Gasteiger partial charge on any atom is -0.493 e. The molecule has 29 heavy (non-hydrogen) atoms. The van der Waals surface area contributed by atoms with Gasteiger partial charge in [0.2, 0.25) is 5.69 Å². The van der Waals surface area contributed by atoms with Crippen molar-refractivity contribution in [1.82, 2.24) is 9.78 Å². The van der Waals surface area contributed by atoms with Gasteiger partial charge in [-0.15, -0.1) is 0 Å². The topological polar surface area (TPSA) is 106 Å². The zero-order valence-electron chi connectivity index (χ0n) is 15.8. The van der Waals surface area contributed by atoms with Crippen LogP contribution in [-0.2, 0) is 9.53 Å². The number of amides is 1. The monoisotopic (exact) mass is 390 g/mol. The van der Waals surface area contributed by atoms with Crippen molar-refractivity contribution in [2.24, 2.45) is 0 Å². The zero-order valence-corrected chi connectivity index (χ0v) is 15.8. The van der Waals surface area contributed by atoms with Gasteiger partial charge in [0, 0.05) is 0 Å². The van der Waals surface area contributed by atoms with E-state index in [4.69, 9.17) is 14.7 Å². The highest BCUT2D eigenvalue weighted by Gasteiger charge is 2.25. The highest BCUT2D eigenvalue weighted by Crippen LogP contribution is 2.21. The van der Waals surface area contributed by atoms with Crippen LogP contribution >= 0.6 is 0 Å². The average Bonchev–Trinajstić information content (AvgIpc) is 3.19. The van der Waals surface area contributed by atoms with Crippen molar-refractivity contribution in [3.63, 3.8) is 0 Å². The fourth-order valence-electron chi connectivity index (χ4n) is 2.56. The second-order valence-electron chi connectivity index (χ2n) is 6.02. The number of rotatable bonds is 6. The molecule has 1 amide bonds. The molecule has 0 saturated heterocycles. The summed E-state index contributed by atoms with van der Waals surface area (Å²) in [6, 6.07) is 17.7. The lowest BCUT2D eigenvalue weighted by molar-refractivity contribution is -0.123. The predicted octanol–water partition coefficient (Wildman–Crippen LogP) is 2.94. The molecular formula is C21H18N4O4. The lowest BCUT2D eigenvalue weighted by atomic mass is 10.2. The number of para-hydroxylation sites is 2. The lowest BCUT2D eigenvalue weighted by Crippen LogP contribution is -2.30. The summed E-state index contributed by atoms with van der Waals surface area (Å²) in [4.78, 5) is 24.9. The van der Waals surface area contributed by atoms with Crippen molar-refractivity contribution >= 4 is 17.6 Å². The molecule has 3 aromatic rings. The molecule has 0 radical (unpaired) electrons. The Labute approximate surface area is 167 Å². The quantitative estimate of drug-likeness (QED) is 0.649. The fourth-order valence-corrected chi connectivity index (χ4v) is 2.56. The number of ether oxygens (including phenoxy) is 2. The van der Waals surface area contributed by atoms with Crippen LogP contribution in [-0.4, -0.2) is 34.9 Å². The molecule has 8 nitrogen and oxygen atoms in total. The van der Waals surface area contributed by atoms with E-state index < -0.39 is 18.0 Å². The summed E-state index contributed by atoms with van der Waals surface area (Å²) in [6.07, 6.45) is 0.445. The number of nitrogens with zero attached hydrogens (tertiary/aromatic N) is 3. The number of benzene rings is 2. The van der Waals surface area contributed by atoms with Crippen molar-refractivity contribution < 1.29 is 19.1 Å². The molecule has 8 heteroatoms. The Balaban J connectivity index is 1.73. The van der Waals surface area contributed by atoms with Gasteiger partial charge in [0.1, 0.15) is 6.07 Å². The summed E-state index contributed by atoms with van der Waals surface area (Å²) in [7, 11) is 1.41. The van der Waals surface area contributed by atoms with Crippen LogP contribution in [0.25, 0.3) is 5.69 Å². The lowest BCUT2D eigenvalue weighted by Gasteiger charge is -2.13. The zero-order chi connectivity index (χ0) is 20.8. The summed E-state index contributed by atoms with van der Waals surface area (Å²) in [5, 5.41) is 15.9. The van der Waals surface area contributed by atoms with Crippen LogP contribution in [0.2, 0.25) is 0 Å². The molecule has 0 bridgehead atoms. The van der Waals surface area contributed by atoms with E-state index in [1.165, 1.54) is 18.7 Å².